The zero-order valence-corrected chi connectivity index (χ0v) is 18.2. The molecule has 0 aliphatic rings. The maximum Gasteiger partial charge on any atom is 0.291 e. The van der Waals surface area contributed by atoms with Gasteiger partial charge in [0.2, 0.25) is 5.89 Å². The van der Waals surface area contributed by atoms with Crippen LogP contribution in [0, 0.1) is 13.8 Å². The first-order valence-electron chi connectivity index (χ1n) is 10.1. The Bertz CT molecular complexity index is 1470. The number of aryl methyl sites for hydroxylation is 2. The number of furan rings is 1. The molecule has 5 nitrogen and oxygen atoms in total. The van der Waals surface area contributed by atoms with Crippen LogP contribution < -0.4 is 5.32 Å². The second kappa shape index (κ2) is 8.02. The molecule has 0 aliphatic heterocycles. The Kier molecular flexibility index (Phi) is 5.04. The van der Waals surface area contributed by atoms with Gasteiger partial charge in [-0.25, -0.2) is 4.98 Å². The van der Waals surface area contributed by atoms with E-state index in [0.29, 0.717) is 33.5 Å². The van der Waals surface area contributed by atoms with Crippen LogP contribution in [0.3, 0.4) is 0 Å². The molecule has 6 heteroatoms. The molecule has 0 radical (unpaired) electrons. The standard InChI is InChI=1S/C26H19ClN2O3/c1-15-6-7-17(12-16(15)2)22-10-11-24(31-22)25(30)28-20-5-3-4-18(13-20)26-29-21-14-19(27)8-9-23(21)32-26/h3-14H,1-2H3,(H,28,30). The first-order valence-corrected chi connectivity index (χ1v) is 10.5. The van der Waals surface area contributed by atoms with Gasteiger partial charge in [0.05, 0.1) is 0 Å². The monoisotopic (exact) mass is 442 g/mol. The normalized spacial score (nSPS) is 11.1. The molecule has 0 atom stereocenters. The summed E-state index contributed by atoms with van der Waals surface area (Å²) in [6.07, 6.45) is 0. The van der Waals surface area contributed by atoms with E-state index in [0.717, 1.165) is 11.1 Å². The van der Waals surface area contributed by atoms with Gasteiger partial charge in [0.1, 0.15) is 11.3 Å². The molecule has 0 fully saturated rings. The number of fused-ring (bicyclic) bond motifs is 1. The van der Waals surface area contributed by atoms with E-state index in [9.17, 15) is 4.79 Å². The quantitative estimate of drug-likeness (QED) is 0.317. The highest BCUT2D eigenvalue weighted by Gasteiger charge is 2.14. The highest BCUT2D eigenvalue weighted by Crippen LogP contribution is 2.28. The molecule has 3 aromatic carbocycles. The summed E-state index contributed by atoms with van der Waals surface area (Å²) in [6, 6.07) is 22.1. The number of hydrogen-bond donors (Lipinski definition) is 1. The second-order valence-electron chi connectivity index (χ2n) is 7.63. The number of halogens is 1. The van der Waals surface area contributed by atoms with Gasteiger partial charge in [-0.15, -0.1) is 0 Å². The van der Waals surface area contributed by atoms with Crippen LogP contribution in [0.5, 0.6) is 0 Å². The van der Waals surface area contributed by atoms with Crippen molar-refractivity contribution >= 4 is 34.3 Å². The number of nitrogens with one attached hydrogen (secondary N) is 1. The van der Waals surface area contributed by atoms with Crippen LogP contribution in [0.2, 0.25) is 5.02 Å². The zero-order valence-electron chi connectivity index (χ0n) is 17.5. The van der Waals surface area contributed by atoms with Gasteiger partial charge < -0.3 is 14.2 Å². The van der Waals surface area contributed by atoms with Gasteiger partial charge in [-0.3, -0.25) is 4.79 Å². The van der Waals surface area contributed by atoms with Crippen molar-refractivity contribution in [2.45, 2.75) is 13.8 Å². The van der Waals surface area contributed by atoms with Crippen LogP contribution in [0.25, 0.3) is 33.9 Å². The molecule has 0 saturated heterocycles. The molecule has 5 aromatic rings. The van der Waals surface area contributed by atoms with Gasteiger partial charge in [0.25, 0.3) is 5.91 Å². The molecule has 0 aliphatic carbocycles. The summed E-state index contributed by atoms with van der Waals surface area (Å²) in [5.41, 5.74) is 5.99. The third-order valence-corrected chi connectivity index (χ3v) is 5.57. The van der Waals surface area contributed by atoms with E-state index in [4.69, 9.17) is 20.4 Å². The Labute approximate surface area is 189 Å². The third-order valence-electron chi connectivity index (χ3n) is 5.34. The first-order chi connectivity index (χ1) is 15.5. The Morgan fingerprint density at radius 3 is 2.59 bits per heavy atom. The van der Waals surface area contributed by atoms with Gasteiger partial charge in [-0.1, -0.05) is 29.8 Å². The predicted octanol–water partition coefficient (Wildman–Crippen LogP) is 7.28. The van der Waals surface area contributed by atoms with Gasteiger partial charge in [0.15, 0.2) is 11.3 Å². The fraction of sp³-hybridized carbons (Fsp3) is 0.0769. The molecule has 32 heavy (non-hydrogen) atoms. The zero-order chi connectivity index (χ0) is 22.2. The minimum atomic E-state index is -0.332. The molecule has 0 bridgehead atoms. The number of nitrogens with zero attached hydrogens (tertiary/aromatic N) is 1. The smallest absolute Gasteiger partial charge is 0.291 e. The van der Waals surface area contributed by atoms with Crippen molar-refractivity contribution in [3.8, 4) is 22.8 Å². The van der Waals surface area contributed by atoms with Crippen LogP contribution in [0.15, 0.2) is 81.6 Å². The molecule has 0 unspecified atom stereocenters. The largest absolute Gasteiger partial charge is 0.451 e. The molecule has 5 rings (SSSR count). The number of amides is 1. The van der Waals surface area contributed by atoms with E-state index in [2.05, 4.69) is 17.2 Å². The molecule has 2 aromatic heterocycles. The highest BCUT2D eigenvalue weighted by atomic mass is 35.5. The molecule has 158 valence electrons. The summed E-state index contributed by atoms with van der Waals surface area (Å²) in [4.78, 5) is 17.2. The molecule has 1 amide bonds. The van der Waals surface area contributed by atoms with E-state index in [-0.39, 0.29) is 11.7 Å². The fourth-order valence-electron chi connectivity index (χ4n) is 3.46. The van der Waals surface area contributed by atoms with Crippen LogP contribution in [0.1, 0.15) is 21.7 Å². The average molecular weight is 443 g/mol. The number of benzene rings is 3. The van der Waals surface area contributed by atoms with Crippen molar-refractivity contribution < 1.29 is 13.6 Å². The van der Waals surface area contributed by atoms with E-state index in [1.54, 1.807) is 42.5 Å². The van der Waals surface area contributed by atoms with Crippen LogP contribution in [-0.4, -0.2) is 10.9 Å². The Hall–Kier alpha value is -3.83. The summed E-state index contributed by atoms with van der Waals surface area (Å²) in [5.74, 6) is 1.01. The fourth-order valence-corrected chi connectivity index (χ4v) is 3.62. The van der Waals surface area contributed by atoms with Crippen molar-refractivity contribution in [2.75, 3.05) is 5.32 Å². The Balaban J connectivity index is 1.37. The number of hydrogen-bond acceptors (Lipinski definition) is 4. The van der Waals surface area contributed by atoms with Gasteiger partial charge >= 0.3 is 0 Å². The molecule has 1 N–H and O–H groups in total. The maximum absolute atomic E-state index is 12.7. The van der Waals surface area contributed by atoms with Gasteiger partial charge in [-0.05, 0) is 79.6 Å². The second-order valence-corrected chi connectivity index (χ2v) is 8.07. The third kappa shape index (κ3) is 3.90. The van der Waals surface area contributed by atoms with Crippen LogP contribution in [-0.2, 0) is 0 Å². The number of oxazole rings is 1. The molecule has 2 heterocycles. The van der Waals surface area contributed by atoms with Gasteiger partial charge in [-0.2, -0.15) is 0 Å². The minimum absolute atomic E-state index is 0.236. The minimum Gasteiger partial charge on any atom is -0.451 e. The van der Waals surface area contributed by atoms with Crippen LogP contribution in [0.4, 0.5) is 5.69 Å². The number of anilines is 1. The van der Waals surface area contributed by atoms with E-state index >= 15 is 0 Å². The SMILES string of the molecule is Cc1ccc(-c2ccc(C(=O)Nc3cccc(-c4nc5cc(Cl)ccc5o4)c3)o2)cc1C. The highest BCUT2D eigenvalue weighted by molar-refractivity contribution is 6.31. The van der Waals surface area contributed by atoms with Crippen LogP contribution >= 0.6 is 11.6 Å². The lowest BCUT2D eigenvalue weighted by Gasteiger charge is -2.05. The molecular weight excluding hydrogens is 424 g/mol. The molecule has 0 spiro atoms. The molecular formula is C26H19ClN2O3. The lowest BCUT2D eigenvalue weighted by atomic mass is 10.1. The van der Waals surface area contributed by atoms with Crippen molar-refractivity contribution in [2.24, 2.45) is 0 Å². The van der Waals surface area contributed by atoms with E-state index < -0.39 is 0 Å². The molecule has 0 saturated carbocycles. The van der Waals surface area contributed by atoms with E-state index in [1.165, 1.54) is 11.1 Å². The topological polar surface area (TPSA) is 68.3 Å². The number of aromatic nitrogens is 1. The number of carbonyl (C=O) groups is 1. The predicted molar refractivity (Wildman–Crippen MR) is 126 cm³/mol. The number of carbonyl (C=O) groups excluding carboxylic acids is 1. The summed E-state index contributed by atoms with van der Waals surface area (Å²) in [7, 11) is 0. The van der Waals surface area contributed by atoms with Crippen molar-refractivity contribution in [3.05, 3.63) is 94.7 Å². The summed E-state index contributed by atoms with van der Waals surface area (Å²) in [6.45, 7) is 4.11. The summed E-state index contributed by atoms with van der Waals surface area (Å²) in [5, 5.41) is 3.47. The van der Waals surface area contributed by atoms with Crippen molar-refractivity contribution in [1.29, 1.82) is 0 Å². The van der Waals surface area contributed by atoms with E-state index in [1.807, 2.05) is 37.3 Å². The lowest BCUT2D eigenvalue weighted by Crippen LogP contribution is -2.10. The van der Waals surface area contributed by atoms with Crippen molar-refractivity contribution in [1.82, 2.24) is 4.98 Å². The Morgan fingerprint density at radius 1 is 0.875 bits per heavy atom. The average Bonchev–Trinajstić information content (AvgIpc) is 3.43. The Morgan fingerprint density at radius 2 is 1.75 bits per heavy atom. The summed E-state index contributed by atoms with van der Waals surface area (Å²) < 4.78 is 11.6. The van der Waals surface area contributed by atoms with Crippen molar-refractivity contribution in [3.63, 3.8) is 0 Å². The lowest BCUT2D eigenvalue weighted by molar-refractivity contribution is 0.0997. The maximum atomic E-state index is 12.7. The summed E-state index contributed by atoms with van der Waals surface area (Å²) >= 11 is 6.03. The number of rotatable bonds is 4. The van der Waals surface area contributed by atoms with Gasteiger partial charge in [0, 0.05) is 21.8 Å². The first kappa shape index (κ1) is 20.1.